The van der Waals surface area contributed by atoms with Gasteiger partial charge in [-0.1, -0.05) is 0 Å². The van der Waals surface area contributed by atoms with E-state index in [1.54, 1.807) is 0 Å². The Morgan fingerprint density at radius 1 is 0.909 bits per heavy atom. The van der Waals surface area contributed by atoms with Crippen LogP contribution in [0.15, 0.2) is 0 Å². The minimum absolute atomic E-state index is 0. The van der Waals surface area contributed by atoms with Crippen molar-refractivity contribution in [2.45, 2.75) is 6.92 Å². The van der Waals surface area contributed by atoms with Crippen molar-refractivity contribution in [3.8, 4) is 0 Å². The summed E-state index contributed by atoms with van der Waals surface area (Å²) < 4.78 is 0. The first-order valence-electron chi connectivity index (χ1n) is 0.928. The quantitative estimate of drug-likeness (QED) is 0.401. The summed E-state index contributed by atoms with van der Waals surface area (Å²) >= 11 is 0. The molecule has 8 nitrogen and oxygen atoms in total. The zero-order valence-electron chi connectivity index (χ0n) is 5.67. The average Bonchev–Trinajstić information content (AvgIpc) is 0.811. The second kappa shape index (κ2) is 99.8. The summed E-state index contributed by atoms with van der Waals surface area (Å²) in [4.78, 5) is 9.00. The number of carboxylic acids is 1. The smallest absolute Gasteiger partial charge is 0.300 e. The van der Waals surface area contributed by atoms with E-state index in [0.29, 0.717) is 0 Å². The summed E-state index contributed by atoms with van der Waals surface area (Å²) in [7, 11) is 0. The van der Waals surface area contributed by atoms with Gasteiger partial charge in [-0.25, -0.2) is 0 Å². The number of rotatable bonds is 0. The monoisotopic (exact) mass is 226 g/mol. The summed E-state index contributed by atoms with van der Waals surface area (Å²) in [6.45, 7) is 1.08. The van der Waals surface area contributed by atoms with Gasteiger partial charge in [0.15, 0.2) is 0 Å². The third-order valence-corrected chi connectivity index (χ3v) is 0. The van der Waals surface area contributed by atoms with Gasteiger partial charge in [0.05, 0.1) is 0 Å². The molecule has 0 amide bonds. The number of hydrogen-bond donors (Lipinski definition) is 1. The second-order valence-corrected chi connectivity index (χ2v) is 0.519. The first kappa shape index (κ1) is 137. The Labute approximate surface area is 73.0 Å². The molecule has 0 aliphatic heterocycles. The molecule has 0 aliphatic rings. The van der Waals surface area contributed by atoms with Crippen molar-refractivity contribution < 1.29 is 59.2 Å². The molecule has 0 aromatic rings. The van der Waals surface area contributed by atoms with Crippen molar-refractivity contribution in [1.82, 2.24) is 0 Å². The Morgan fingerprint density at radius 2 is 0.909 bits per heavy atom. The van der Waals surface area contributed by atoms with Crippen LogP contribution in [-0.2, 0) is 21.3 Å². The van der Waals surface area contributed by atoms with Gasteiger partial charge in [0.1, 0.15) is 0 Å². The molecule has 0 aromatic carbocycles. The Balaban J connectivity index is -0.00000000214. The van der Waals surface area contributed by atoms with Crippen LogP contribution in [0.25, 0.3) is 0 Å². The molecule has 0 spiro atoms. The molecule has 0 fully saturated rings. The van der Waals surface area contributed by atoms with Crippen molar-refractivity contribution in [1.29, 1.82) is 0 Å². The van der Waals surface area contributed by atoms with Crippen LogP contribution in [0.1, 0.15) is 6.92 Å². The summed E-state index contributed by atoms with van der Waals surface area (Å²) in [5.41, 5.74) is 0. The van der Waals surface area contributed by atoms with Crippen LogP contribution >= 0.6 is 0 Å². The van der Waals surface area contributed by atoms with Crippen molar-refractivity contribution in [3.05, 3.63) is 0 Å². The van der Waals surface area contributed by atoms with Crippen LogP contribution in [0, 0.1) is 0 Å². The zero-order valence-corrected chi connectivity index (χ0v) is 6.66. The molecule has 13 N–H and O–H groups in total. The number of carboxylic acid groups (broad SMARTS) is 1. The van der Waals surface area contributed by atoms with Gasteiger partial charge >= 0.3 is 0 Å². The van der Waals surface area contributed by atoms with E-state index < -0.39 is 5.97 Å². The standard InChI is InChI=1S/C2H4O2.Ni.6H2O/c1-2(3)4;;;;;;;/h1H3,(H,3,4);;6*1H2. The molecule has 11 heavy (non-hydrogen) atoms. The Morgan fingerprint density at radius 3 is 0.909 bits per heavy atom. The fraction of sp³-hybridized carbons (Fsp3) is 0.500. The van der Waals surface area contributed by atoms with E-state index in [2.05, 4.69) is 0 Å². The maximum atomic E-state index is 9.00. The Kier molecular flexibility index (Phi) is 1240. The molecule has 9 heteroatoms. The molecule has 0 radical (unpaired) electrons. The number of carbonyl (C=O) groups is 1. The largest absolute Gasteiger partial charge is 0.481 e. The summed E-state index contributed by atoms with van der Waals surface area (Å²) in [5.74, 6) is -0.833. The van der Waals surface area contributed by atoms with E-state index in [1.165, 1.54) is 0 Å². The SMILES string of the molecule is CC(=O)O.O.O.O.O.O.O.[Ni]. The van der Waals surface area contributed by atoms with Crippen LogP contribution in [0.3, 0.4) is 0 Å². The topological polar surface area (TPSA) is 226 Å². The predicted octanol–water partition coefficient (Wildman–Crippen LogP) is -4.86. The van der Waals surface area contributed by atoms with Crippen LogP contribution in [-0.4, -0.2) is 43.9 Å². The van der Waals surface area contributed by atoms with E-state index in [1.807, 2.05) is 0 Å². The van der Waals surface area contributed by atoms with E-state index in [-0.39, 0.29) is 49.3 Å². The summed E-state index contributed by atoms with van der Waals surface area (Å²) in [6.07, 6.45) is 0. The van der Waals surface area contributed by atoms with Crippen LogP contribution in [0.2, 0.25) is 0 Å². The first-order valence-corrected chi connectivity index (χ1v) is 0.928. The van der Waals surface area contributed by atoms with Crippen molar-refractivity contribution in [2.24, 2.45) is 0 Å². The molecule has 0 bridgehead atoms. The second-order valence-electron chi connectivity index (χ2n) is 0.519. The fourth-order valence-electron chi connectivity index (χ4n) is 0. The maximum Gasteiger partial charge on any atom is 0.300 e. The number of aliphatic carboxylic acids is 1. The normalized spacial score (nSPS) is 2.27. The summed E-state index contributed by atoms with van der Waals surface area (Å²) in [6, 6.07) is 0. The molecule has 0 saturated heterocycles. The van der Waals surface area contributed by atoms with Gasteiger partial charge in [-0.05, 0) is 0 Å². The van der Waals surface area contributed by atoms with Crippen molar-refractivity contribution >= 4 is 5.97 Å². The van der Waals surface area contributed by atoms with E-state index >= 15 is 0 Å². The molecule has 0 atom stereocenters. The van der Waals surface area contributed by atoms with Crippen LogP contribution in [0.5, 0.6) is 0 Å². The van der Waals surface area contributed by atoms with Gasteiger partial charge in [0.25, 0.3) is 5.97 Å². The summed E-state index contributed by atoms with van der Waals surface area (Å²) in [5, 5.41) is 7.42. The van der Waals surface area contributed by atoms with E-state index in [9.17, 15) is 0 Å². The Bertz CT molecular complexity index is 35.1. The molecular formula is C2H16NiO8. The Hall–Kier alpha value is -0.276. The molecule has 0 aliphatic carbocycles. The molecule has 0 saturated carbocycles. The molecule has 0 aromatic heterocycles. The van der Waals surface area contributed by atoms with Gasteiger partial charge in [0.2, 0.25) is 0 Å². The average molecular weight is 227 g/mol. The fourth-order valence-corrected chi connectivity index (χ4v) is 0. The van der Waals surface area contributed by atoms with Gasteiger partial charge in [-0.2, -0.15) is 0 Å². The molecular weight excluding hydrogens is 211 g/mol. The number of hydrogen-bond acceptors (Lipinski definition) is 1. The van der Waals surface area contributed by atoms with Crippen molar-refractivity contribution in [3.63, 3.8) is 0 Å². The predicted molar refractivity (Wildman–Crippen MR) is 35.0 cm³/mol. The molecule has 0 heterocycles. The van der Waals surface area contributed by atoms with E-state index in [4.69, 9.17) is 9.90 Å². The van der Waals surface area contributed by atoms with E-state index in [0.717, 1.165) is 6.92 Å². The minimum Gasteiger partial charge on any atom is -0.481 e. The third-order valence-electron chi connectivity index (χ3n) is 0. The van der Waals surface area contributed by atoms with Crippen LogP contribution < -0.4 is 0 Å². The molecule has 0 unspecified atom stereocenters. The first-order chi connectivity index (χ1) is 1.73. The van der Waals surface area contributed by atoms with Crippen LogP contribution in [0.4, 0.5) is 0 Å². The minimum atomic E-state index is -0.833. The van der Waals surface area contributed by atoms with Gasteiger partial charge in [-0.3, -0.25) is 4.79 Å². The molecule has 0 rings (SSSR count). The third kappa shape index (κ3) is 7590. The van der Waals surface area contributed by atoms with Crippen molar-refractivity contribution in [2.75, 3.05) is 0 Å². The van der Waals surface area contributed by atoms with Gasteiger partial charge in [0, 0.05) is 23.4 Å². The van der Waals surface area contributed by atoms with Gasteiger partial charge in [-0.15, -0.1) is 0 Å². The zero-order chi connectivity index (χ0) is 3.58. The van der Waals surface area contributed by atoms with Gasteiger partial charge < -0.3 is 38.0 Å². The maximum absolute atomic E-state index is 9.00. The molecule has 82 valence electrons.